The lowest BCUT2D eigenvalue weighted by atomic mass is 10.1. The van der Waals surface area contributed by atoms with Crippen LogP contribution in [-0.2, 0) is 19.0 Å². The molecule has 0 aliphatic heterocycles. The molecular weight excluding hydrogens is 528 g/mol. The number of amides is 1. The highest BCUT2D eigenvalue weighted by molar-refractivity contribution is 7.86. The molecule has 3 aromatic rings. The predicted octanol–water partition coefficient (Wildman–Crippen LogP) is 6.66. The summed E-state index contributed by atoms with van der Waals surface area (Å²) in [4.78, 5) is 13.7. The van der Waals surface area contributed by atoms with Gasteiger partial charge in [-0.05, 0) is 87.4 Å². The first-order chi connectivity index (χ1) is 18.9. The minimum atomic E-state index is -3.93. The van der Waals surface area contributed by atoms with Crippen molar-refractivity contribution in [2.45, 2.75) is 50.7 Å². The van der Waals surface area contributed by atoms with Gasteiger partial charge in [-0.1, -0.05) is 36.4 Å². The van der Waals surface area contributed by atoms with Gasteiger partial charge in [0.1, 0.15) is 11.4 Å². The van der Waals surface area contributed by atoms with E-state index in [1.807, 2.05) is 87.5 Å². The second-order valence-electron chi connectivity index (χ2n) is 10.2. The van der Waals surface area contributed by atoms with E-state index in [0.717, 1.165) is 16.8 Å². The van der Waals surface area contributed by atoms with E-state index >= 15 is 0 Å². The molecule has 0 fully saturated rings. The van der Waals surface area contributed by atoms with Gasteiger partial charge in [-0.3, -0.25) is 9.08 Å². The Morgan fingerprint density at radius 2 is 1.50 bits per heavy atom. The molecule has 0 saturated carbocycles. The molecule has 3 aromatic carbocycles. The van der Waals surface area contributed by atoms with E-state index in [1.54, 1.807) is 14.0 Å². The quantitative estimate of drug-likeness (QED) is 0.201. The highest BCUT2D eigenvalue weighted by Gasteiger charge is 2.21. The van der Waals surface area contributed by atoms with E-state index in [1.165, 1.54) is 29.2 Å². The molecule has 1 atom stereocenters. The second kappa shape index (κ2) is 13.3. The summed E-state index contributed by atoms with van der Waals surface area (Å²) in [7, 11) is -2.25. The number of benzene rings is 3. The molecule has 0 N–H and O–H groups in total. The third-order valence-electron chi connectivity index (χ3n) is 5.65. The zero-order chi connectivity index (χ0) is 29.3. The molecule has 1 amide bonds. The van der Waals surface area contributed by atoms with Crippen LogP contribution in [0.4, 0.5) is 10.5 Å². The van der Waals surface area contributed by atoms with Crippen LogP contribution in [0.3, 0.4) is 0 Å². The number of anilines is 1. The zero-order valence-electron chi connectivity index (χ0n) is 23.3. The molecule has 0 radical (unpaired) electrons. The normalized spacial score (nSPS) is 12.5. The third-order valence-corrected chi connectivity index (χ3v) is 7.08. The fourth-order valence-corrected chi connectivity index (χ4v) is 4.58. The van der Waals surface area contributed by atoms with Crippen molar-refractivity contribution in [2.75, 3.05) is 18.6 Å². The molecule has 1 unspecified atom stereocenters. The molecule has 0 aliphatic rings. The SMILES string of the molecule is CC(CCOc1ccc(C=Cc2ccc(N(C)C(=O)OC(C)(C)C)cc2)cc1)OS(=O)(=O)c1ccc(C#N)cc1. The zero-order valence-corrected chi connectivity index (χ0v) is 24.1. The molecule has 40 heavy (non-hydrogen) atoms. The van der Waals surface area contributed by atoms with Crippen LogP contribution in [0.2, 0.25) is 0 Å². The first-order valence-corrected chi connectivity index (χ1v) is 14.2. The van der Waals surface area contributed by atoms with Gasteiger partial charge in [0.2, 0.25) is 0 Å². The molecule has 210 valence electrons. The van der Waals surface area contributed by atoms with Gasteiger partial charge in [-0.15, -0.1) is 0 Å². The number of carbonyl (C=O) groups excluding carboxylic acids is 1. The third kappa shape index (κ3) is 9.26. The Hall–Kier alpha value is -4.13. The maximum atomic E-state index is 12.4. The summed E-state index contributed by atoms with van der Waals surface area (Å²) in [5.41, 5.74) is 2.51. The van der Waals surface area contributed by atoms with Crippen LogP contribution in [0.5, 0.6) is 5.75 Å². The lowest BCUT2D eigenvalue weighted by molar-refractivity contribution is 0.0589. The summed E-state index contributed by atoms with van der Waals surface area (Å²) in [6.45, 7) is 7.44. The van der Waals surface area contributed by atoms with Crippen LogP contribution >= 0.6 is 0 Å². The van der Waals surface area contributed by atoms with Crippen molar-refractivity contribution in [1.29, 1.82) is 5.26 Å². The number of nitriles is 1. The van der Waals surface area contributed by atoms with E-state index in [-0.39, 0.29) is 11.5 Å². The van der Waals surface area contributed by atoms with Crippen LogP contribution in [0.1, 0.15) is 50.8 Å². The molecule has 0 aliphatic carbocycles. The summed E-state index contributed by atoms with van der Waals surface area (Å²) in [6.07, 6.45) is 3.32. The summed E-state index contributed by atoms with van der Waals surface area (Å²) >= 11 is 0. The van der Waals surface area contributed by atoms with Gasteiger partial charge < -0.3 is 9.47 Å². The first-order valence-electron chi connectivity index (χ1n) is 12.8. The maximum Gasteiger partial charge on any atom is 0.414 e. The molecule has 0 heterocycles. The Kier molecular flexibility index (Phi) is 10.1. The first kappa shape index (κ1) is 30.4. The molecule has 0 aromatic heterocycles. The minimum Gasteiger partial charge on any atom is -0.493 e. The van der Waals surface area contributed by atoms with Gasteiger partial charge in [-0.25, -0.2) is 4.79 Å². The topological polar surface area (TPSA) is 106 Å². The van der Waals surface area contributed by atoms with E-state index < -0.39 is 27.9 Å². The van der Waals surface area contributed by atoms with Crippen molar-refractivity contribution in [3.05, 3.63) is 89.5 Å². The number of hydrogen-bond donors (Lipinski definition) is 0. The van der Waals surface area contributed by atoms with Gasteiger partial charge in [0.25, 0.3) is 10.1 Å². The lowest BCUT2D eigenvalue weighted by Gasteiger charge is -2.24. The Balaban J connectivity index is 1.47. The van der Waals surface area contributed by atoms with Crippen LogP contribution in [0.25, 0.3) is 12.2 Å². The van der Waals surface area contributed by atoms with Crippen molar-refractivity contribution in [1.82, 2.24) is 0 Å². The molecule has 3 rings (SSSR count). The average molecular weight is 563 g/mol. The van der Waals surface area contributed by atoms with E-state index in [4.69, 9.17) is 18.9 Å². The Labute approximate surface area is 236 Å². The molecule has 8 nitrogen and oxygen atoms in total. The molecular formula is C31H34N2O6S. The summed E-state index contributed by atoms with van der Waals surface area (Å²) in [5.74, 6) is 0.661. The van der Waals surface area contributed by atoms with Gasteiger partial charge in [0.15, 0.2) is 0 Å². The number of nitrogens with zero attached hydrogens (tertiary/aromatic N) is 2. The van der Waals surface area contributed by atoms with Gasteiger partial charge in [0.05, 0.1) is 29.2 Å². The van der Waals surface area contributed by atoms with Gasteiger partial charge in [-0.2, -0.15) is 13.7 Å². The van der Waals surface area contributed by atoms with Crippen LogP contribution in [-0.4, -0.2) is 39.9 Å². The lowest BCUT2D eigenvalue weighted by Crippen LogP contribution is -2.34. The number of ether oxygens (including phenoxy) is 2. The largest absolute Gasteiger partial charge is 0.493 e. The van der Waals surface area contributed by atoms with Gasteiger partial charge in [0, 0.05) is 19.2 Å². The van der Waals surface area contributed by atoms with Crippen molar-refractivity contribution in [3.63, 3.8) is 0 Å². The standard InChI is InChI=1S/C31H34N2O6S/c1-23(39-40(35,36)29-18-12-26(22-32)13-19-29)20-21-37-28-16-10-25(11-17-28)7-6-24-8-14-27(15-9-24)33(5)30(34)38-31(2,3)4/h6-19,23H,20-21H2,1-5H3. The summed E-state index contributed by atoms with van der Waals surface area (Å²) in [5, 5.41) is 8.86. The van der Waals surface area contributed by atoms with Crippen molar-refractivity contribution in [3.8, 4) is 11.8 Å². The maximum absolute atomic E-state index is 12.4. The number of rotatable bonds is 10. The second-order valence-corrected chi connectivity index (χ2v) is 11.7. The van der Waals surface area contributed by atoms with Gasteiger partial charge >= 0.3 is 6.09 Å². The fraction of sp³-hybridized carbons (Fsp3) is 0.290. The van der Waals surface area contributed by atoms with Crippen molar-refractivity contribution in [2.24, 2.45) is 0 Å². The number of carbonyl (C=O) groups is 1. The predicted molar refractivity (Wildman–Crippen MR) is 155 cm³/mol. The molecule has 0 spiro atoms. The minimum absolute atomic E-state index is 0.00647. The van der Waals surface area contributed by atoms with E-state index in [2.05, 4.69) is 0 Å². The van der Waals surface area contributed by atoms with E-state index in [0.29, 0.717) is 17.7 Å². The summed E-state index contributed by atoms with van der Waals surface area (Å²) in [6, 6.07) is 22.6. The van der Waals surface area contributed by atoms with Crippen molar-refractivity contribution >= 4 is 34.1 Å². The number of hydrogen-bond acceptors (Lipinski definition) is 7. The van der Waals surface area contributed by atoms with E-state index in [9.17, 15) is 13.2 Å². The molecule has 0 saturated heterocycles. The monoisotopic (exact) mass is 562 g/mol. The summed E-state index contributed by atoms with van der Waals surface area (Å²) < 4.78 is 41.3. The van der Waals surface area contributed by atoms with Crippen molar-refractivity contribution < 1.29 is 26.9 Å². The van der Waals surface area contributed by atoms with Crippen LogP contribution < -0.4 is 9.64 Å². The van der Waals surface area contributed by atoms with Crippen LogP contribution in [0.15, 0.2) is 77.7 Å². The highest BCUT2D eigenvalue weighted by atomic mass is 32.2. The molecule has 9 heteroatoms. The average Bonchev–Trinajstić information content (AvgIpc) is 2.91. The Morgan fingerprint density at radius 3 is 2.02 bits per heavy atom. The Morgan fingerprint density at radius 1 is 0.950 bits per heavy atom. The molecule has 0 bridgehead atoms. The van der Waals surface area contributed by atoms with Crippen LogP contribution in [0, 0.1) is 11.3 Å². The Bertz CT molecular complexity index is 1450. The smallest absolute Gasteiger partial charge is 0.414 e. The fourth-order valence-electron chi connectivity index (χ4n) is 3.47. The highest BCUT2D eigenvalue weighted by Crippen LogP contribution is 2.20.